The summed E-state index contributed by atoms with van der Waals surface area (Å²) in [5.41, 5.74) is 4.30. The number of carbonyl (C=O) groups is 3. The van der Waals surface area contributed by atoms with Crippen molar-refractivity contribution in [2.75, 3.05) is 11.9 Å². The lowest BCUT2D eigenvalue weighted by molar-refractivity contribution is -0.146. The van der Waals surface area contributed by atoms with E-state index in [0.29, 0.717) is 18.0 Å². The van der Waals surface area contributed by atoms with Gasteiger partial charge in [-0.3, -0.25) is 19.8 Å². The standard InChI is InChI=1S/C22H22ClN3O4/c1-3-30-19-13-16(24-14(2)27)10-11-17(19)21(28)25-26-18(20(23)22(26)29)12-9-15-7-5-4-6-8-15/h4-13,18,20H,3H2,1-2H3,(H,24,27)(H,25,28). The van der Waals surface area contributed by atoms with Crippen LogP contribution in [0.2, 0.25) is 0 Å². The molecule has 0 saturated carbocycles. The molecule has 0 radical (unpaired) electrons. The lowest BCUT2D eigenvalue weighted by Gasteiger charge is -2.42. The molecule has 7 nitrogen and oxygen atoms in total. The summed E-state index contributed by atoms with van der Waals surface area (Å²) in [6.07, 6.45) is 3.62. The van der Waals surface area contributed by atoms with Crippen LogP contribution in [0.1, 0.15) is 29.8 Å². The van der Waals surface area contributed by atoms with E-state index in [4.69, 9.17) is 16.3 Å². The van der Waals surface area contributed by atoms with Crippen molar-refractivity contribution in [2.45, 2.75) is 25.3 Å². The number of halogens is 1. The van der Waals surface area contributed by atoms with Gasteiger partial charge in [0.25, 0.3) is 11.8 Å². The summed E-state index contributed by atoms with van der Waals surface area (Å²) in [6.45, 7) is 3.51. The fourth-order valence-electron chi connectivity index (χ4n) is 3.00. The Balaban J connectivity index is 1.76. The van der Waals surface area contributed by atoms with Crippen LogP contribution in [-0.2, 0) is 9.59 Å². The summed E-state index contributed by atoms with van der Waals surface area (Å²) in [6, 6.07) is 13.8. The van der Waals surface area contributed by atoms with Gasteiger partial charge in [-0.2, -0.15) is 0 Å². The van der Waals surface area contributed by atoms with Gasteiger partial charge in [0.05, 0.1) is 18.2 Å². The van der Waals surface area contributed by atoms with Crippen molar-refractivity contribution in [1.82, 2.24) is 10.4 Å². The lowest BCUT2D eigenvalue weighted by atomic mass is 10.0. The van der Waals surface area contributed by atoms with Crippen molar-refractivity contribution >= 4 is 41.1 Å². The lowest BCUT2D eigenvalue weighted by Crippen LogP contribution is -2.67. The number of anilines is 1. The molecule has 1 aliphatic rings. The van der Waals surface area contributed by atoms with E-state index in [-0.39, 0.29) is 17.4 Å². The first-order valence-corrected chi connectivity index (χ1v) is 9.90. The van der Waals surface area contributed by atoms with Crippen LogP contribution in [0.5, 0.6) is 5.75 Å². The molecule has 0 aromatic heterocycles. The molecule has 0 spiro atoms. The predicted molar refractivity (Wildman–Crippen MR) is 115 cm³/mol. The SMILES string of the molecule is CCOc1cc(NC(C)=O)ccc1C(=O)NN1C(=O)C(Cl)C1C=Cc1ccccc1. The van der Waals surface area contributed by atoms with Gasteiger partial charge < -0.3 is 10.1 Å². The molecule has 156 valence electrons. The van der Waals surface area contributed by atoms with Crippen LogP contribution in [0, 0.1) is 0 Å². The van der Waals surface area contributed by atoms with Gasteiger partial charge in [-0.15, -0.1) is 11.6 Å². The number of ether oxygens (including phenoxy) is 1. The highest BCUT2D eigenvalue weighted by Crippen LogP contribution is 2.27. The summed E-state index contributed by atoms with van der Waals surface area (Å²) >= 11 is 6.15. The molecular formula is C22H22ClN3O4. The summed E-state index contributed by atoms with van der Waals surface area (Å²) in [4.78, 5) is 36.3. The summed E-state index contributed by atoms with van der Waals surface area (Å²) in [7, 11) is 0. The zero-order valence-electron chi connectivity index (χ0n) is 16.6. The number of rotatable bonds is 7. The Kier molecular flexibility index (Phi) is 6.74. The number of β-lactam (4-membered cyclic amide) rings is 1. The number of nitrogens with one attached hydrogen (secondary N) is 2. The highest BCUT2D eigenvalue weighted by molar-refractivity contribution is 6.34. The number of alkyl halides is 1. The van der Waals surface area contributed by atoms with E-state index in [0.717, 1.165) is 5.56 Å². The van der Waals surface area contributed by atoms with Crippen LogP contribution in [-0.4, -0.2) is 40.8 Å². The summed E-state index contributed by atoms with van der Waals surface area (Å²) in [5, 5.41) is 3.10. The van der Waals surface area contributed by atoms with Gasteiger partial charge >= 0.3 is 0 Å². The third kappa shape index (κ3) is 4.80. The quantitative estimate of drug-likeness (QED) is 0.524. The predicted octanol–water partition coefficient (Wildman–Crippen LogP) is 3.22. The molecule has 1 heterocycles. The number of nitrogens with zero attached hydrogens (tertiary/aromatic N) is 1. The molecule has 1 fully saturated rings. The molecule has 8 heteroatoms. The average molecular weight is 428 g/mol. The molecule has 2 aromatic rings. The van der Waals surface area contributed by atoms with E-state index in [1.807, 2.05) is 36.4 Å². The van der Waals surface area contributed by atoms with Gasteiger partial charge in [0.2, 0.25) is 5.91 Å². The van der Waals surface area contributed by atoms with E-state index < -0.39 is 17.3 Å². The summed E-state index contributed by atoms with van der Waals surface area (Å²) < 4.78 is 5.54. The fraction of sp³-hybridized carbons (Fsp3) is 0.227. The highest BCUT2D eigenvalue weighted by Gasteiger charge is 2.46. The second-order valence-corrected chi connectivity index (χ2v) is 7.11. The molecule has 30 heavy (non-hydrogen) atoms. The van der Waals surface area contributed by atoms with Crippen LogP contribution in [0.4, 0.5) is 5.69 Å². The van der Waals surface area contributed by atoms with Crippen molar-refractivity contribution in [3.05, 3.63) is 65.7 Å². The van der Waals surface area contributed by atoms with Crippen LogP contribution < -0.4 is 15.5 Å². The molecule has 0 bridgehead atoms. The Morgan fingerprint density at radius 3 is 2.60 bits per heavy atom. The number of benzene rings is 2. The molecule has 2 unspecified atom stereocenters. The zero-order chi connectivity index (χ0) is 21.7. The second kappa shape index (κ2) is 9.45. The van der Waals surface area contributed by atoms with Crippen LogP contribution in [0.15, 0.2) is 54.6 Å². The Morgan fingerprint density at radius 1 is 1.20 bits per heavy atom. The number of hydrogen-bond donors (Lipinski definition) is 2. The maximum Gasteiger partial charge on any atom is 0.273 e. The molecule has 3 rings (SSSR count). The first kappa shape index (κ1) is 21.4. The third-order valence-corrected chi connectivity index (χ3v) is 4.87. The largest absolute Gasteiger partial charge is 0.493 e. The highest BCUT2D eigenvalue weighted by atomic mass is 35.5. The van der Waals surface area contributed by atoms with Crippen LogP contribution in [0.25, 0.3) is 6.08 Å². The van der Waals surface area contributed by atoms with E-state index in [2.05, 4.69) is 10.7 Å². The van der Waals surface area contributed by atoms with E-state index in [1.54, 1.807) is 25.1 Å². The average Bonchev–Trinajstić information content (AvgIpc) is 2.73. The maximum absolute atomic E-state index is 12.8. The Bertz CT molecular complexity index is 978. The van der Waals surface area contributed by atoms with Crippen LogP contribution in [0.3, 0.4) is 0 Å². The van der Waals surface area contributed by atoms with Crippen molar-refractivity contribution in [2.24, 2.45) is 0 Å². The van der Waals surface area contributed by atoms with Gasteiger partial charge in [-0.05, 0) is 24.6 Å². The number of amides is 3. The molecule has 1 aliphatic heterocycles. The minimum absolute atomic E-state index is 0.234. The van der Waals surface area contributed by atoms with Crippen molar-refractivity contribution < 1.29 is 19.1 Å². The van der Waals surface area contributed by atoms with Crippen molar-refractivity contribution in [1.29, 1.82) is 0 Å². The molecular weight excluding hydrogens is 406 g/mol. The molecule has 3 amide bonds. The summed E-state index contributed by atoms with van der Waals surface area (Å²) in [5.74, 6) is -0.835. The van der Waals surface area contributed by atoms with Crippen molar-refractivity contribution in [3.63, 3.8) is 0 Å². The first-order chi connectivity index (χ1) is 14.4. The zero-order valence-corrected chi connectivity index (χ0v) is 17.3. The normalized spacial score (nSPS) is 18.1. The number of hydrazine groups is 1. The topological polar surface area (TPSA) is 87.7 Å². The van der Waals surface area contributed by atoms with E-state index in [1.165, 1.54) is 18.0 Å². The molecule has 2 N–H and O–H groups in total. The van der Waals surface area contributed by atoms with E-state index >= 15 is 0 Å². The van der Waals surface area contributed by atoms with Gasteiger partial charge in [0.1, 0.15) is 11.1 Å². The molecule has 2 atom stereocenters. The fourth-order valence-corrected chi connectivity index (χ4v) is 3.30. The van der Waals surface area contributed by atoms with Gasteiger partial charge in [-0.1, -0.05) is 42.5 Å². The number of carbonyl (C=O) groups excluding carboxylic acids is 3. The maximum atomic E-state index is 12.8. The second-order valence-electron chi connectivity index (χ2n) is 6.64. The van der Waals surface area contributed by atoms with Crippen molar-refractivity contribution in [3.8, 4) is 5.75 Å². The molecule has 0 aliphatic carbocycles. The van der Waals surface area contributed by atoms with E-state index in [9.17, 15) is 14.4 Å². The molecule has 2 aromatic carbocycles. The van der Waals surface area contributed by atoms with Gasteiger partial charge in [0, 0.05) is 18.7 Å². The monoisotopic (exact) mass is 427 g/mol. The van der Waals surface area contributed by atoms with Gasteiger partial charge in [-0.25, -0.2) is 5.01 Å². The first-order valence-electron chi connectivity index (χ1n) is 9.46. The van der Waals surface area contributed by atoms with Crippen LogP contribution >= 0.6 is 11.6 Å². The minimum atomic E-state index is -0.751. The minimum Gasteiger partial charge on any atom is -0.493 e. The molecule has 1 saturated heterocycles. The smallest absolute Gasteiger partial charge is 0.273 e. The Labute approximate surface area is 179 Å². The number of hydrogen-bond acceptors (Lipinski definition) is 4. The Hall–Kier alpha value is -3.32. The third-order valence-electron chi connectivity index (χ3n) is 4.43. The van der Waals surface area contributed by atoms with Gasteiger partial charge in [0.15, 0.2) is 0 Å². The Morgan fingerprint density at radius 2 is 1.93 bits per heavy atom.